The standard InChI is InChI=1S/C14H13N5O/c15-7-10-6-9(4-5-16-10)14(20)19-12-3-1-2-11-13(12)18-8-17-11/h1-6,8H,7,15H2,(H,17,18)(H,19,20). The monoisotopic (exact) mass is 267 g/mol. The molecule has 0 atom stereocenters. The predicted molar refractivity (Wildman–Crippen MR) is 76.2 cm³/mol. The van der Waals surface area contributed by atoms with Crippen molar-refractivity contribution in [1.29, 1.82) is 0 Å². The summed E-state index contributed by atoms with van der Waals surface area (Å²) >= 11 is 0. The highest BCUT2D eigenvalue weighted by atomic mass is 16.1. The van der Waals surface area contributed by atoms with E-state index in [1.54, 1.807) is 24.7 Å². The second-order valence-corrected chi connectivity index (χ2v) is 4.30. The van der Waals surface area contributed by atoms with Crippen LogP contribution in [0, 0.1) is 0 Å². The van der Waals surface area contributed by atoms with Gasteiger partial charge in [0.2, 0.25) is 0 Å². The summed E-state index contributed by atoms with van der Waals surface area (Å²) in [5.41, 5.74) is 8.99. The summed E-state index contributed by atoms with van der Waals surface area (Å²) in [5.74, 6) is -0.211. The van der Waals surface area contributed by atoms with E-state index in [9.17, 15) is 4.79 Å². The van der Waals surface area contributed by atoms with Gasteiger partial charge in [0.1, 0.15) is 5.52 Å². The minimum atomic E-state index is -0.211. The van der Waals surface area contributed by atoms with Crippen molar-refractivity contribution in [2.45, 2.75) is 6.54 Å². The molecule has 4 N–H and O–H groups in total. The number of fused-ring (bicyclic) bond motifs is 1. The first kappa shape index (κ1) is 12.3. The van der Waals surface area contributed by atoms with E-state index in [1.807, 2.05) is 18.2 Å². The number of aromatic amines is 1. The Hall–Kier alpha value is -2.73. The highest BCUT2D eigenvalue weighted by Crippen LogP contribution is 2.20. The summed E-state index contributed by atoms with van der Waals surface area (Å²) in [4.78, 5) is 23.5. The molecule has 6 heteroatoms. The molecule has 100 valence electrons. The smallest absolute Gasteiger partial charge is 0.255 e. The molecule has 0 saturated carbocycles. The van der Waals surface area contributed by atoms with Gasteiger partial charge in [-0.1, -0.05) is 6.07 Å². The van der Waals surface area contributed by atoms with Crippen LogP contribution in [0.1, 0.15) is 16.1 Å². The van der Waals surface area contributed by atoms with Crippen LogP contribution in [-0.2, 0) is 6.54 Å². The molecule has 0 aliphatic carbocycles. The predicted octanol–water partition coefficient (Wildman–Crippen LogP) is 1.67. The van der Waals surface area contributed by atoms with E-state index in [4.69, 9.17) is 5.73 Å². The van der Waals surface area contributed by atoms with Crippen molar-refractivity contribution in [3.8, 4) is 0 Å². The second-order valence-electron chi connectivity index (χ2n) is 4.30. The van der Waals surface area contributed by atoms with Gasteiger partial charge in [-0.3, -0.25) is 9.78 Å². The number of pyridine rings is 1. The number of H-pyrrole nitrogens is 1. The Morgan fingerprint density at radius 3 is 3.05 bits per heavy atom. The van der Waals surface area contributed by atoms with Crippen LogP contribution in [0.25, 0.3) is 11.0 Å². The Balaban J connectivity index is 1.90. The average molecular weight is 267 g/mol. The van der Waals surface area contributed by atoms with Gasteiger partial charge in [-0.15, -0.1) is 0 Å². The van der Waals surface area contributed by atoms with E-state index in [-0.39, 0.29) is 5.91 Å². The lowest BCUT2D eigenvalue weighted by molar-refractivity contribution is 0.102. The number of hydrogen-bond acceptors (Lipinski definition) is 4. The van der Waals surface area contributed by atoms with Crippen molar-refractivity contribution < 1.29 is 4.79 Å². The number of nitrogens with two attached hydrogens (primary N) is 1. The molecule has 1 amide bonds. The lowest BCUT2D eigenvalue weighted by Crippen LogP contribution is -2.13. The summed E-state index contributed by atoms with van der Waals surface area (Å²) < 4.78 is 0. The maximum atomic E-state index is 12.2. The summed E-state index contributed by atoms with van der Waals surface area (Å²) in [6.07, 6.45) is 3.17. The highest BCUT2D eigenvalue weighted by Gasteiger charge is 2.10. The molecule has 2 heterocycles. The molecule has 2 aromatic heterocycles. The van der Waals surface area contributed by atoms with E-state index >= 15 is 0 Å². The number of carbonyl (C=O) groups excluding carboxylic acids is 1. The summed E-state index contributed by atoms with van der Waals surface area (Å²) in [6, 6.07) is 8.90. The van der Waals surface area contributed by atoms with E-state index in [1.165, 1.54) is 0 Å². The first-order valence-electron chi connectivity index (χ1n) is 6.16. The van der Waals surface area contributed by atoms with Crippen LogP contribution < -0.4 is 11.1 Å². The van der Waals surface area contributed by atoms with Crippen molar-refractivity contribution in [3.05, 3.63) is 54.1 Å². The summed E-state index contributed by atoms with van der Waals surface area (Å²) in [5, 5.41) is 2.85. The molecule has 6 nitrogen and oxygen atoms in total. The van der Waals surface area contributed by atoms with Crippen LogP contribution in [0.4, 0.5) is 5.69 Å². The van der Waals surface area contributed by atoms with Crippen LogP contribution in [0.2, 0.25) is 0 Å². The van der Waals surface area contributed by atoms with Crippen molar-refractivity contribution in [3.63, 3.8) is 0 Å². The van der Waals surface area contributed by atoms with Crippen LogP contribution >= 0.6 is 0 Å². The number of hydrogen-bond donors (Lipinski definition) is 3. The largest absolute Gasteiger partial charge is 0.345 e. The maximum Gasteiger partial charge on any atom is 0.255 e. The zero-order valence-corrected chi connectivity index (χ0v) is 10.6. The fourth-order valence-electron chi connectivity index (χ4n) is 1.99. The molecule has 0 spiro atoms. The molecule has 0 radical (unpaired) electrons. The molecule has 0 bridgehead atoms. The van der Waals surface area contributed by atoms with E-state index in [2.05, 4.69) is 20.3 Å². The number of amides is 1. The Morgan fingerprint density at radius 1 is 1.30 bits per heavy atom. The number of imidazole rings is 1. The summed E-state index contributed by atoms with van der Waals surface area (Å²) in [7, 11) is 0. The summed E-state index contributed by atoms with van der Waals surface area (Å²) in [6.45, 7) is 0.302. The fraction of sp³-hybridized carbons (Fsp3) is 0.0714. The first-order valence-corrected chi connectivity index (χ1v) is 6.16. The number of nitrogens with one attached hydrogen (secondary N) is 2. The van der Waals surface area contributed by atoms with Gasteiger partial charge in [0.25, 0.3) is 5.91 Å². The zero-order valence-electron chi connectivity index (χ0n) is 10.6. The molecule has 0 unspecified atom stereocenters. The van der Waals surface area contributed by atoms with Crippen LogP contribution in [0.3, 0.4) is 0 Å². The molecule has 0 fully saturated rings. The number of aromatic nitrogens is 3. The number of anilines is 1. The second kappa shape index (κ2) is 5.10. The van der Waals surface area contributed by atoms with Gasteiger partial charge in [-0.25, -0.2) is 4.98 Å². The van der Waals surface area contributed by atoms with E-state index in [0.29, 0.717) is 23.5 Å². The van der Waals surface area contributed by atoms with Gasteiger partial charge >= 0.3 is 0 Å². The molecule has 3 rings (SSSR count). The molecule has 1 aromatic carbocycles. The fourth-order valence-corrected chi connectivity index (χ4v) is 1.99. The topological polar surface area (TPSA) is 96.7 Å². The van der Waals surface area contributed by atoms with Gasteiger partial charge in [-0.2, -0.15) is 0 Å². The molecular weight excluding hydrogens is 254 g/mol. The number of benzene rings is 1. The SMILES string of the molecule is NCc1cc(C(=O)Nc2cccc3[nH]cnc23)ccn1. The van der Waals surface area contributed by atoms with Crippen molar-refractivity contribution >= 4 is 22.6 Å². The average Bonchev–Trinajstić information content (AvgIpc) is 2.97. The molecule has 20 heavy (non-hydrogen) atoms. The number of para-hydroxylation sites is 1. The van der Waals surface area contributed by atoms with E-state index < -0.39 is 0 Å². The van der Waals surface area contributed by atoms with Crippen LogP contribution in [-0.4, -0.2) is 20.9 Å². The Morgan fingerprint density at radius 2 is 2.20 bits per heavy atom. The van der Waals surface area contributed by atoms with Gasteiger partial charge in [0, 0.05) is 18.3 Å². The molecule has 3 aromatic rings. The third-order valence-corrected chi connectivity index (χ3v) is 2.99. The van der Waals surface area contributed by atoms with E-state index in [0.717, 1.165) is 11.0 Å². The Bertz CT molecular complexity index is 765. The molecule has 0 aliphatic rings. The lowest BCUT2D eigenvalue weighted by atomic mass is 10.2. The number of nitrogens with zero attached hydrogens (tertiary/aromatic N) is 2. The lowest BCUT2D eigenvalue weighted by Gasteiger charge is -2.06. The number of rotatable bonds is 3. The third-order valence-electron chi connectivity index (χ3n) is 2.99. The minimum absolute atomic E-state index is 0.211. The Labute approximate surface area is 115 Å². The maximum absolute atomic E-state index is 12.2. The van der Waals surface area contributed by atoms with Crippen LogP contribution in [0.15, 0.2) is 42.9 Å². The van der Waals surface area contributed by atoms with Gasteiger partial charge < -0.3 is 16.0 Å². The normalized spacial score (nSPS) is 10.7. The quantitative estimate of drug-likeness (QED) is 0.672. The number of carbonyl (C=O) groups is 1. The van der Waals surface area contributed by atoms with Crippen LogP contribution in [0.5, 0.6) is 0 Å². The zero-order chi connectivity index (χ0) is 13.9. The molecular formula is C14H13N5O. The molecule has 0 saturated heterocycles. The van der Waals surface area contributed by atoms with Gasteiger partial charge in [0.15, 0.2) is 0 Å². The third kappa shape index (κ3) is 2.24. The highest BCUT2D eigenvalue weighted by molar-refractivity contribution is 6.07. The molecule has 0 aliphatic heterocycles. The Kier molecular flexibility index (Phi) is 3.14. The van der Waals surface area contributed by atoms with Gasteiger partial charge in [-0.05, 0) is 24.3 Å². The van der Waals surface area contributed by atoms with Gasteiger partial charge in [0.05, 0.1) is 23.2 Å². The van der Waals surface area contributed by atoms with Crippen molar-refractivity contribution in [1.82, 2.24) is 15.0 Å². The minimum Gasteiger partial charge on any atom is -0.345 e. The van der Waals surface area contributed by atoms with Crippen molar-refractivity contribution in [2.75, 3.05) is 5.32 Å². The van der Waals surface area contributed by atoms with Crippen molar-refractivity contribution in [2.24, 2.45) is 5.73 Å². The first-order chi connectivity index (χ1) is 9.78.